The van der Waals surface area contributed by atoms with Gasteiger partial charge in [-0.25, -0.2) is 0 Å². The number of nitrogens with two attached hydrogens (primary N) is 1. The number of hydrogen-bond acceptors (Lipinski definition) is 4. The molecule has 0 saturated carbocycles. The molecule has 0 bridgehead atoms. The fourth-order valence-electron chi connectivity index (χ4n) is 1.99. The fourth-order valence-corrected chi connectivity index (χ4v) is 2.64. The van der Waals surface area contributed by atoms with Crippen LogP contribution in [0.2, 0.25) is 0 Å². The second kappa shape index (κ2) is 7.07. The molecule has 106 valence electrons. The molecule has 1 amide bonds. The molecule has 0 aliphatic rings. The Morgan fingerprint density at radius 3 is 2.80 bits per heavy atom. The zero-order valence-electron chi connectivity index (χ0n) is 11.3. The summed E-state index contributed by atoms with van der Waals surface area (Å²) in [6.07, 6.45) is 0. The lowest BCUT2D eigenvalue weighted by Gasteiger charge is -2.18. The molecular formula is C15H18N2O2S. The Labute approximate surface area is 122 Å². The molecule has 1 aromatic carbocycles. The van der Waals surface area contributed by atoms with Gasteiger partial charge in [0.1, 0.15) is 11.8 Å². The van der Waals surface area contributed by atoms with Gasteiger partial charge in [0.25, 0.3) is 0 Å². The normalized spacial score (nSPS) is 12.1. The first-order chi connectivity index (χ1) is 9.72. The first-order valence-corrected chi connectivity index (χ1v) is 7.37. The maximum absolute atomic E-state index is 11.7. The van der Waals surface area contributed by atoms with Crippen LogP contribution < -0.4 is 15.8 Å². The fraction of sp³-hybridized carbons (Fsp3) is 0.267. The van der Waals surface area contributed by atoms with E-state index in [4.69, 9.17) is 10.5 Å². The predicted molar refractivity (Wildman–Crippen MR) is 80.7 cm³/mol. The number of carbonyl (C=O) groups excluding carboxylic acids is 1. The molecule has 5 heteroatoms. The van der Waals surface area contributed by atoms with E-state index in [1.807, 2.05) is 48.7 Å². The molecule has 2 rings (SSSR count). The van der Waals surface area contributed by atoms with E-state index in [1.165, 1.54) is 0 Å². The Morgan fingerprint density at radius 1 is 1.35 bits per heavy atom. The van der Waals surface area contributed by atoms with Crippen molar-refractivity contribution in [3.8, 4) is 5.75 Å². The van der Waals surface area contributed by atoms with Crippen LogP contribution in [0, 0.1) is 0 Å². The summed E-state index contributed by atoms with van der Waals surface area (Å²) >= 11 is 1.64. The molecule has 3 N–H and O–H groups in total. The predicted octanol–water partition coefficient (Wildman–Crippen LogP) is 2.46. The van der Waals surface area contributed by atoms with E-state index in [9.17, 15) is 4.79 Å². The molecule has 1 heterocycles. The Balaban J connectivity index is 2.17. The highest BCUT2D eigenvalue weighted by atomic mass is 32.1. The van der Waals surface area contributed by atoms with Gasteiger partial charge < -0.3 is 10.5 Å². The standard InChI is InChI=1S/C15H18N2O2S/c1-2-19-13-8-4-3-7-12(13)14(15(16)18)17-10-11-6-5-9-20-11/h3-9,14,17H,2,10H2,1H3,(H2,16,18). The van der Waals surface area contributed by atoms with Crippen LogP contribution in [0.1, 0.15) is 23.4 Å². The van der Waals surface area contributed by atoms with Gasteiger partial charge in [-0.15, -0.1) is 11.3 Å². The molecule has 4 nitrogen and oxygen atoms in total. The summed E-state index contributed by atoms with van der Waals surface area (Å²) in [5, 5.41) is 5.20. The second-order valence-corrected chi connectivity index (χ2v) is 5.30. The van der Waals surface area contributed by atoms with Crippen LogP contribution in [-0.4, -0.2) is 12.5 Å². The molecule has 20 heavy (non-hydrogen) atoms. The van der Waals surface area contributed by atoms with Gasteiger partial charge in [0.2, 0.25) is 5.91 Å². The molecule has 1 aromatic heterocycles. The summed E-state index contributed by atoms with van der Waals surface area (Å²) < 4.78 is 5.56. The zero-order valence-corrected chi connectivity index (χ0v) is 12.2. The number of rotatable bonds is 7. The van der Waals surface area contributed by atoms with Crippen molar-refractivity contribution in [3.05, 3.63) is 52.2 Å². The monoisotopic (exact) mass is 290 g/mol. The van der Waals surface area contributed by atoms with Crippen molar-refractivity contribution in [2.45, 2.75) is 19.5 Å². The number of amides is 1. The van der Waals surface area contributed by atoms with Gasteiger partial charge in [0, 0.05) is 17.0 Å². The van der Waals surface area contributed by atoms with E-state index in [2.05, 4.69) is 5.32 Å². The Kier molecular flexibility index (Phi) is 5.15. The van der Waals surface area contributed by atoms with Crippen molar-refractivity contribution in [1.82, 2.24) is 5.32 Å². The third-order valence-corrected chi connectivity index (χ3v) is 3.75. The molecule has 2 aromatic rings. The first kappa shape index (κ1) is 14.6. The highest BCUT2D eigenvalue weighted by Gasteiger charge is 2.21. The van der Waals surface area contributed by atoms with Crippen LogP contribution >= 0.6 is 11.3 Å². The van der Waals surface area contributed by atoms with Crippen molar-refractivity contribution in [2.24, 2.45) is 5.73 Å². The summed E-state index contributed by atoms with van der Waals surface area (Å²) in [7, 11) is 0. The number of benzene rings is 1. The Hall–Kier alpha value is -1.85. The maximum Gasteiger partial charge on any atom is 0.239 e. The molecule has 0 aliphatic carbocycles. The van der Waals surface area contributed by atoms with Crippen LogP contribution in [0.3, 0.4) is 0 Å². The number of hydrogen-bond donors (Lipinski definition) is 2. The van der Waals surface area contributed by atoms with E-state index in [1.54, 1.807) is 11.3 Å². The van der Waals surface area contributed by atoms with Gasteiger partial charge in [-0.3, -0.25) is 10.1 Å². The van der Waals surface area contributed by atoms with Gasteiger partial charge in [0.05, 0.1) is 6.61 Å². The summed E-state index contributed by atoms with van der Waals surface area (Å²) in [5.74, 6) is 0.284. The molecule has 1 unspecified atom stereocenters. The zero-order chi connectivity index (χ0) is 14.4. The van der Waals surface area contributed by atoms with Crippen molar-refractivity contribution >= 4 is 17.2 Å². The quantitative estimate of drug-likeness (QED) is 0.823. The van der Waals surface area contributed by atoms with Gasteiger partial charge in [-0.2, -0.15) is 0 Å². The van der Waals surface area contributed by atoms with Crippen LogP contribution in [0.5, 0.6) is 5.75 Å². The average Bonchev–Trinajstić information content (AvgIpc) is 2.94. The summed E-state index contributed by atoms with van der Waals surface area (Å²) in [6.45, 7) is 3.06. The lowest BCUT2D eigenvalue weighted by Crippen LogP contribution is -2.33. The van der Waals surface area contributed by atoms with E-state index in [0.717, 1.165) is 10.4 Å². The first-order valence-electron chi connectivity index (χ1n) is 6.49. The number of ether oxygens (including phenoxy) is 1. The van der Waals surface area contributed by atoms with Gasteiger partial charge >= 0.3 is 0 Å². The SMILES string of the molecule is CCOc1ccccc1C(NCc1cccs1)C(N)=O. The lowest BCUT2D eigenvalue weighted by molar-refractivity contribution is -0.120. The van der Waals surface area contributed by atoms with Gasteiger partial charge in [-0.05, 0) is 24.4 Å². The van der Waals surface area contributed by atoms with E-state index in [0.29, 0.717) is 18.9 Å². The van der Waals surface area contributed by atoms with Gasteiger partial charge in [0.15, 0.2) is 0 Å². The minimum absolute atomic E-state index is 0.409. The molecule has 0 spiro atoms. The number of nitrogens with one attached hydrogen (secondary N) is 1. The van der Waals surface area contributed by atoms with Crippen molar-refractivity contribution in [3.63, 3.8) is 0 Å². The molecule has 0 aliphatic heterocycles. The number of primary amides is 1. The largest absolute Gasteiger partial charge is 0.494 e. The van der Waals surface area contributed by atoms with Crippen LogP contribution in [0.15, 0.2) is 41.8 Å². The van der Waals surface area contributed by atoms with Crippen LogP contribution in [0.4, 0.5) is 0 Å². The highest BCUT2D eigenvalue weighted by molar-refractivity contribution is 7.09. The maximum atomic E-state index is 11.7. The van der Waals surface area contributed by atoms with Crippen molar-refractivity contribution in [2.75, 3.05) is 6.61 Å². The summed E-state index contributed by atoms with van der Waals surface area (Å²) in [4.78, 5) is 12.9. The molecule has 1 atom stereocenters. The highest BCUT2D eigenvalue weighted by Crippen LogP contribution is 2.25. The van der Waals surface area contributed by atoms with E-state index in [-0.39, 0.29) is 0 Å². The van der Waals surface area contributed by atoms with Crippen LogP contribution in [0.25, 0.3) is 0 Å². The lowest BCUT2D eigenvalue weighted by atomic mass is 10.1. The van der Waals surface area contributed by atoms with Crippen molar-refractivity contribution in [1.29, 1.82) is 0 Å². The van der Waals surface area contributed by atoms with Crippen LogP contribution in [-0.2, 0) is 11.3 Å². The average molecular weight is 290 g/mol. The smallest absolute Gasteiger partial charge is 0.239 e. The molecule has 0 radical (unpaired) electrons. The number of para-hydroxylation sites is 1. The minimum atomic E-state index is -0.556. The Bertz CT molecular complexity index is 555. The van der Waals surface area contributed by atoms with Gasteiger partial charge in [-0.1, -0.05) is 24.3 Å². The Morgan fingerprint density at radius 2 is 2.15 bits per heavy atom. The second-order valence-electron chi connectivity index (χ2n) is 4.27. The third kappa shape index (κ3) is 3.59. The molecular weight excluding hydrogens is 272 g/mol. The number of thiophene rings is 1. The molecule has 0 saturated heterocycles. The number of carbonyl (C=O) groups is 1. The summed E-state index contributed by atoms with van der Waals surface area (Å²) in [5.41, 5.74) is 6.30. The van der Waals surface area contributed by atoms with E-state index < -0.39 is 11.9 Å². The topological polar surface area (TPSA) is 64.3 Å². The third-order valence-electron chi connectivity index (χ3n) is 2.87. The van der Waals surface area contributed by atoms with Crippen molar-refractivity contribution < 1.29 is 9.53 Å². The minimum Gasteiger partial charge on any atom is -0.494 e. The molecule has 0 fully saturated rings. The summed E-state index contributed by atoms with van der Waals surface area (Å²) in [6, 6.07) is 10.9. The van der Waals surface area contributed by atoms with E-state index >= 15 is 0 Å².